The van der Waals surface area contributed by atoms with E-state index in [4.69, 9.17) is 4.74 Å². The molecule has 12 heteroatoms. The zero-order chi connectivity index (χ0) is 25.2. The van der Waals surface area contributed by atoms with Gasteiger partial charge in [0.2, 0.25) is 5.91 Å². The Morgan fingerprint density at radius 2 is 1.89 bits per heavy atom. The Bertz CT molecular complexity index is 1480. The van der Waals surface area contributed by atoms with Crippen molar-refractivity contribution in [2.24, 2.45) is 0 Å². The molecule has 184 valence electrons. The number of hydrogen-bond donors (Lipinski definition) is 3. The van der Waals surface area contributed by atoms with Crippen LogP contribution < -0.4 is 25.9 Å². The number of aryl methyl sites for hydroxylation is 1. The molecule has 2 aromatic carbocycles. The van der Waals surface area contributed by atoms with Crippen molar-refractivity contribution >= 4 is 38.4 Å². The topological polar surface area (TPSA) is 148 Å². The van der Waals surface area contributed by atoms with Gasteiger partial charge in [-0.15, -0.1) is 4.83 Å². The molecule has 11 nitrogen and oxygen atoms in total. The van der Waals surface area contributed by atoms with Crippen molar-refractivity contribution in [1.29, 1.82) is 0 Å². The Hall–Kier alpha value is -3.77. The standard InChI is InChI=1S/C23H25N5O6S/c1-14(29)24-18-10-8-16(13-20(18)34-2)35(32,33)27-26-22(30)15-7-9-17-19(12-15)25-21-6-4-3-5-11-28(21)23(17)31/h7-10,12-13,27H,3-6,11H2,1-2H3,(H,24,29)(H,26,30). The molecule has 1 aliphatic rings. The van der Waals surface area contributed by atoms with E-state index in [1.54, 1.807) is 4.57 Å². The van der Waals surface area contributed by atoms with Crippen LogP contribution in [0.5, 0.6) is 5.75 Å². The van der Waals surface area contributed by atoms with Crippen LogP contribution in [-0.2, 0) is 27.8 Å². The lowest BCUT2D eigenvalue weighted by molar-refractivity contribution is -0.114. The quantitative estimate of drug-likeness (QED) is 0.437. The van der Waals surface area contributed by atoms with Gasteiger partial charge in [-0.2, -0.15) is 0 Å². The molecule has 0 radical (unpaired) electrons. The number of anilines is 1. The predicted octanol–water partition coefficient (Wildman–Crippen LogP) is 1.71. The summed E-state index contributed by atoms with van der Waals surface area (Å²) in [5.41, 5.74) is 2.87. The monoisotopic (exact) mass is 499 g/mol. The number of methoxy groups -OCH3 is 1. The van der Waals surface area contributed by atoms with Gasteiger partial charge in [0.15, 0.2) is 0 Å². The van der Waals surface area contributed by atoms with Gasteiger partial charge < -0.3 is 10.1 Å². The molecule has 0 spiro atoms. The van der Waals surface area contributed by atoms with E-state index in [-0.39, 0.29) is 27.7 Å². The van der Waals surface area contributed by atoms with Gasteiger partial charge in [0, 0.05) is 31.5 Å². The summed E-state index contributed by atoms with van der Waals surface area (Å²) >= 11 is 0. The molecule has 0 atom stereocenters. The van der Waals surface area contributed by atoms with E-state index in [9.17, 15) is 22.8 Å². The number of carbonyl (C=O) groups excluding carboxylic acids is 2. The van der Waals surface area contributed by atoms with E-state index in [0.717, 1.165) is 19.3 Å². The van der Waals surface area contributed by atoms with Crippen molar-refractivity contribution in [2.45, 2.75) is 44.0 Å². The van der Waals surface area contributed by atoms with Crippen LogP contribution in [0, 0.1) is 0 Å². The Kier molecular flexibility index (Phi) is 6.85. The first kappa shape index (κ1) is 24.4. The fourth-order valence-corrected chi connectivity index (χ4v) is 4.79. The number of nitrogens with zero attached hydrogens (tertiary/aromatic N) is 2. The number of nitrogens with one attached hydrogen (secondary N) is 3. The number of aromatic nitrogens is 2. The van der Waals surface area contributed by atoms with Crippen LogP contribution in [0.3, 0.4) is 0 Å². The summed E-state index contributed by atoms with van der Waals surface area (Å²) in [5.74, 6) is -0.225. The van der Waals surface area contributed by atoms with Gasteiger partial charge in [0.25, 0.3) is 21.5 Å². The molecule has 0 aliphatic carbocycles. The largest absolute Gasteiger partial charge is 0.495 e. The van der Waals surface area contributed by atoms with Crippen LogP contribution in [-0.4, -0.2) is 36.9 Å². The highest BCUT2D eigenvalue weighted by Gasteiger charge is 2.20. The minimum Gasteiger partial charge on any atom is -0.495 e. The minimum absolute atomic E-state index is 0.139. The van der Waals surface area contributed by atoms with Crippen molar-refractivity contribution in [3.63, 3.8) is 0 Å². The van der Waals surface area contributed by atoms with Crippen molar-refractivity contribution < 1.29 is 22.7 Å². The third-order valence-electron chi connectivity index (χ3n) is 5.67. The molecule has 2 amide bonds. The number of rotatable bonds is 6. The van der Waals surface area contributed by atoms with Crippen LogP contribution in [0.1, 0.15) is 42.4 Å². The number of hydrazine groups is 1. The second-order valence-electron chi connectivity index (χ2n) is 8.13. The van der Waals surface area contributed by atoms with Gasteiger partial charge in [-0.1, -0.05) is 6.42 Å². The first-order chi connectivity index (χ1) is 16.7. The molecule has 3 N–H and O–H groups in total. The lowest BCUT2D eigenvalue weighted by atomic mass is 10.1. The Balaban J connectivity index is 1.54. The highest BCUT2D eigenvalue weighted by Crippen LogP contribution is 2.27. The SMILES string of the molecule is COc1cc(S(=O)(=O)NNC(=O)c2ccc3c(=O)n4c(nc3c2)CCCCC4)ccc1NC(C)=O. The number of carbonyl (C=O) groups is 2. The van der Waals surface area contributed by atoms with Crippen molar-refractivity contribution in [3.05, 3.63) is 58.1 Å². The Labute approximate surface area is 201 Å². The number of ether oxygens (including phenoxy) is 1. The van der Waals surface area contributed by atoms with Crippen LogP contribution >= 0.6 is 0 Å². The lowest BCUT2D eigenvalue weighted by Gasteiger charge is -2.13. The smallest absolute Gasteiger partial charge is 0.266 e. The van der Waals surface area contributed by atoms with Crippen LogP contribution in [0.2, 0.25) is 0 Å². The number of benzene rings is 2. The van der Waals surface area contributed by atoms with E-state index in [1.807, 2.05) is 4.83 Å². The summed E-state index contributed by atoms with van der Waals surface area (Å²) in [7, 11) is -2.81. The van der Waals surface area contributed by atoms with Crippen molar-refractivity contribution in [2.75, 3.05) is 12.4 Å². The van der Waals surface area contributed by atoms with Gasteiger partial charge in [0.1, 0.15) is 11.6 Å². The average molecular weight is 500 g/mol. The van der Waals surface area contributed by atoms with E-state index in [2.05, 4.69) is 15.7 Å². The third kappa shape index (κ3) is 5.17. The highest BCUT2D eigenvalue weighted by molar-refractivity contribution is 7.89. The second-order valence-corrected chi connectivity index (χ2v) is 9.81. The summed E-state index contributed by atoms with van der Waals surface area (Å²) in [6, 6.07) is 8.31. The summed E-state index contributed by atoms with van der Waals surface area (Å²) in [6.07, 6.45) is 3.57. The molecule has 0 unspecified atom stereocenters. The number of hydrogen-bond acceptors (Lipinski definition) is 7. The normalized spacial score (nSPS) is 13.5. The van der Waals surface area contributed by atoms with Crippen molar-refractivity contribution in [3.8, 4) is 5.75 Å². The zero-order valence-corrected chi connectivity index (χ0v) is 20.1. The molecule has 1 aliphatic heterocycles. The minimum atomic E-state index is -4.15. The maximum Gasteiger partial charge on any atom is 0.266 e. The summed E-state index contributed by atoms with van der Waals surface area (Å²) in [6.45, 7) is 1.94. The molecule has 35 heavy (non-hydrogen) atoms. The molecule has 0 saturated carbocycles. The Morgan fingerprint density at radius 3 is 2.63 bits per heavy atom. The average Bonchev–Trinajstić information content (AvgIpc) is 3.08. The summed E-state index contributed by atoms with van der Waals surface area (Å²) in [5, 5.41) is 2.94. The zero-order valence-electron chi connectivity index (χ0n) is 19.3. The number of amides is 2. The first-order valence-corrected chi connectivity index (χ1v) is 12.5. The maximum atomic E-state index is 12.9. The molecule has 0 saturated heterocycles. The fourth-order valence-electron chi connectivity index (χ4n) is 3.94. The molecule has 1 aromatic heterocycles. The predicted molar refractivity (Wildman–Crippen MR) is 129 cm³/mol. The van der Waals surface area contributed by atoms with Gasteiger partial charge in [0.05, 0.1) is 28.6 Å². The Morgan fingerprint density at radius 1 is 1.09 bits per heavy atom. The summed E-state index contributed by atoms with van der Waals surface area (Å²) in [4.78, 5) is 43.3. The highest BCUT2D eigenvalue weighted by atomic mass is 32.2. The molecular weight excluding hydrogens is 474 g/mol. The lowest BCUT2D eigenvalue weighted by Crippen LogP contribution is -2.41. The van der Waals surface area contributed by atoms with E-state index in [1.165, 1.54) is 50.4 Å². The second kappa shape index (κ2) is 9.84. The van der Waals surface area contributed by atoms with Gasteiger partial charge in [-0.3, -0.25) is 24.4 Å². The fraction of sp³-hybridized carbons (Fsp3) is 0.304. The third-order valence-corrected chi connectivity index (χ3v) is 6.92. The first-order valence-electron chi connectivity index (χ1n) is 11.0. The van der Waals surface area contributed by atoms with Gasteiger partial charge in [-0.25, -0.2) is 13.4 Å². The van der Waals surface area contributed by atoms with Crippen LogP contribution in [0.25, 0.3) is 10.9 Å². The van der Waals surface area contributed by atoms with E-state index >= 15 is 0 Å². The van der Waals surface area contributed by atoms with Gasteiger partial charge >= 0.3 is 0 Å². The summed E-state index contributed by atoms with van der Waals surface area (Å²) < 4.78 is 32.2. The molecule has 0 fully saturated rings. The van der Waals surface area contributed by atoms with E-state index < -0.39 is 15.9 Å². The van der Waals surface area contributed by atoms with Crippen LogP contribution in [0.4, 0.5) is 5.69 Å². The molecule has 0 bridgehead atoms. The molecule has 4 rings (SSSR count). The van der Waals surface area contributed by atoms with E-state index in [0.29, 0.717) is 35.4 Å². The molecular formula is C23H25N5O6S. The molecule has 3 aromatic rings. The van der Waals surface area contributed by atoms with Crippen LogP contribution in [0.15, 0.2) is 46.1 Å². The number of fused-ring (bicyclic) bond motifs is 2. The van der Waals surface area contributed by atoms with Gasteiger partial charge in [-0.05, 0) is 43.2 Å². The molecule has 2 heterocycles. The number of sulfonamides is 1. The maximum absolute atomic E-state index is 12.9. The van der Waals surface area contributed by atoms with Crippen molar-refractivity contribution in [1.82, 2.24) is 19.8 Å².